The fourth-order valence-electron chi connectivity index (χ4n) is 9.81. The van der Waals surface area contributed by atoms with Crippen molar-refractivity contribution in [1.82, 2.24) is 0 Å². The lowest BCUT2D eigenvalue weighted by atomic mass is 10.0. The molecule has 0 bridgehead atoms. The second-order valence-corrected chi connectivity index (χ2v) is 23.1. The maximum Gasteiger partial charge on any atom is 0.306 e. The van der Waals surface area contributed by atoms with Crippen LogP contribution in [0.15, 0.2) is 109 Å². The minimum absolute atomic E-state index is 0.0812. The molecule has 0 rings (SSSR count). The van der Waals surface area contributed by atoms with E-state index in [0.717, 1.165) is 122 Å². The van der Waals surface area contributed by atoms with E-state index in [1.54, 1.807) is 0 Å². The Kier molecular flexibility index (Phi) is 66.2. The Labute approximate surface area is 508 Å². The lowest BCUT2D eigenvalue weighted by Gasteiger charge is -2.18. The molecule has 0 amide bonds. The number of ether oxygens (including phenoxy) is 3. The Hall–Kier alpha value is -3.93. The molecule has 0 aromatic rings. The molecule has 0 spiro atoms. The molecule has 6 nitrogen and oxygen atoms in total. The van der Waals surface area contributed by atoms with Crippen LogP contribution in [-0.4, -0.2) is 37.2 Å². The van der Waals surface area contributed by atoms with Crippen molar-refractivity contribution in [2.75, 3.05) is 13.2 Å². The zero-order valence-corrected chi connectivity index (χ0v) is 54.0. The highest BCUT2D eigenvalue weighted by molar-refractivity contribution is 5.71. The lowest BCUT2D eigenvalue weighted by molar-refractivity contribution is -0.167. The molecule has 1 unspecified atom stereocenters. The standard InChI is InChI=1S/C76H130O6/c1-4-7-10-13-16-18-20-22-24-26-28-30-32-34-36-37-38-39-41-42-44-46-48-50-52-54-56-58-60-63-66-69-75(78)81-72-73(71-80-74(77)68-65-62-15-12-9-6-3)82-76(79)70-67-64-61-59-57-55-53-51-49-47-45-43-40-35-33-31-29-27-25-23-21-19-17-14-11-8-5-2/h7,10,16,18,22,24,27-30,34,36,38-39,42,44,48,50,73H,4-6,8-9,11-15,17,19-21,23,25-26,31-33,35,37,40-41,43,45-47,49,51-72H2,1-3H3/b10-7-,18-16-,24-22-,29-27-,30-28-,36-34-,39-38-,44-42-,50-48-. The summed E-state index contributed by atoms with van der Waals surface area (Å²) in [6.07, 6.45) is 95.8. The first-order chi connectivity index (χ1) is 40.5. The largest absolute Gasteiger partial charge is 0.462 e. The van der Waals surface area contributed by atoms with Gasteiger partial charge < -0.3 is 14.2 Å². The van der Waals surface area contributed by atoms with Gasteiger partial charge in [-0.2, -0.15) is 0 Å². The summed E-state index contributed by atoms with van der Waals surface area (Å²) < 4.78 is 16.8. The highest BCUT2D eigenvalue weighted by atomic mass is 16.6. The number of unbranched alkanes of at least 4 members (excludes halogenated alkanes) is 34. The van der Waals surface area contributed by atoms with Gasteiger partial charge in [-0.25, -0.2) is 0 Å². The number of esters is 3. The van der Waals surface area contributed by atoms with Gasteiger partial charge in [-0.05, 0) is 109 Å². The van der Waals surface area contributed by atoms with Crippen LogP contribution >= 0.6 is 0 Å². The van der Waals surface area contributed by atoms with Crippen LogP contribution in [0.25, 0.3) is 0 Å². The van der Waals surface area contributed by atoms with Gasteiger partial charge in [0.05, 0.1) is 0 Å². The van der Waals surface area contributed by atoms with Gasteiger partial charge >= 0.3 is 17.9 Å². The van der Waals surface area contributed by atoms with Crippen LogP contribution in [0.2, 0.25) is 0 Å². The molecule has 470 valence electrons. The van der Waals surface area contributed by atoms with Gasteiger partial charge in [0.25, 0.3) is 0 Å². The summed E-state index contributed by atoms with van der Waals surface area (Å²) in [4.78, 5) is 38.1. The van der Waals surface area contributed by atoms with Gasteiger partial charge in [0.1, 0.15) is 13.2 Å². The van der Waals surface area contributed by atoms with E-state index in [4.69, 9.17) is 14.2 Å². The summed E-state index contributed by atoms with van der Waals surface area (Å²) in [5, 5.41) is 0. The summed E-state index contributed by atoms with van der Waals surface area (Å²) in [6, 6.07) is 0. The maximum absolute atomic E-state index is 12.9. The first-order valence-electron chi connectivity index (χ1n) is 34.9. The molecule has 0 heterocycles. The number of hydrogen-bond donors (Lipinski definition) is 0. The first-order valence-corrected chi connectivity index (χ1v) is 34.9. The van der Waals surface area contributed by atoms with Crippen LogP contribution in [0.3, 0.4) is 0 Å². The summed E-state index contributed by atoms with van der Waals surface area (Å²) in [6.45, 7) is 6.48. The van der Waals surface area contributed by atoms with Crippen molar-refractivity contribution in [3.8, 4) is 0 Å². The molecule has 0 aliphatic rings. The third-order valence-electron chi connectivity index (χ3n) is 15.0. The maximum atomic E-state index is 12.9. The zero-order valence-electron chi connectivity index (χ0n) is 54.0. The zero-order chi connectivity index (χ0) is 59.2. The quantitative estimate of drug-likeness (QED) is 0.0261. The van der Waals surface area contributed by atoms with E-state index in [9.17, 15) is 14.4 Å². The van der Waals surface area contributed by atoms with E-state index in [-0.39, 0.29) is 31.1 Å². The molecular formula is C76H130O6. The number of carbonyl (C=O) groups is 3. The van der Waals surface area contributed by atoms with Crippen LogP contribution in [0.5, 0.6) is 0 Å². The summed E-state index contributed by atoms with van der Waals surface area (Å²) >= 11 is 0. The molecule has 0 aromatic heterocycles. The van der Waals surface area contributed by atoms with Crippen molar-refractivity contribution in [1.29, 1.82) is 0 Å². The average Bonchev–Trinajstić information content (AvgIpc) is 3.47. The van der Waals surface area contributed by atoms with E-state index in [0.29, 0.717) is 19.3 Å². The minimum Gasteiger partial charge on any atom is -0.462 e. The number of hydrogen-bond acceptors (Lipinski definition) is 6. The molecule has 0 radical (unpaired) electrons. The predicted molar refractivity (Wildman–Crippen MR) is 357 cm³/mol. The van der Waals surface area contributed by atoms with E-state index >= 15 is 0 Å². The topological polar surface area (TPSA) is 78.9 Å². The van der Waals surface area contributed by atoms with Crippen molar-refractivity contribution in [2.24, 2.45) is 0 Å². The molecule has 0 aliphatic carbocycles. The number of rotatable bonds is 63. The second-order valence-electron chi connectivity index (χ2n) is 23.1. The van der Waals surface area contributed by atoms with Crippen LogP contribution in [0.1, 0.15) is 335 Å². The fourth-order valence-corrected chi connectivity index (χ4v) is 9.81. The third-order valence-corrected chi connectivity index (χ3v) is 15.0. The molecule has 0 saturated carbocycles. The van der Waals surface area contributed by atoms with Crippen molar-refractivity contribution >= 4 is 17.9 Å². The van der Waals surface area contributed by atoms with Gasteiger partial charge in [-0.1, -0.05) is 316 Å². The molecule has 82 heavy (non-hydrogen) atoms. The van der Waals surface area contributed by atoms with E-state index < -0.39 is 6.10 Å². The van der Waals surface area contributed by atoms with Gasteiger partial charge in [0, 0.05) is 19.3 Å². The van der Waals surface area contributed by atoms with Crippen LogP contribution in [0, 0.1) is 0 Å². The van der Waals surface area contributed by atoms with Crippen molar-refractivity contribution < 1.29 is 28.6 Å². The highest BCUT2D eigenvalue weighted by Crippen LogP contribution is 2.17. The molecule has 0 N–H and O–H groups in total. The SMILES string of the molecule is CC/C=C\C/C=C\C/C=C\C/C=C\C/C=C\C/C=C\C/C=C\C/C=C\CCCCCCCCC(=O)OCC(COC(=O)CCCCCCCC)OC(=O)CCCCCCCCCCCCCCCCC/C=C\CCCCCCCCCC. The lowest BCUT2D eigenvalue weighted by Crippen LogP contribution is -2.30. The summed E-state index contributed by atoms with van der Waals surface area (Å²) in [5.74, 6) is -0.896. The van der Waals surface area contributed by atoms with Crippen LogP contribution in [-0.2, 0) is 28.6 Å². The Morgan fingerprint density at radius 3 is 0.756 bits per heavy atom. The molecule has 0 aliphatic heterocycles. The van der Waals surface area contributed by atoms with Gasteiger partial charge in [0.2, 0.25) is 0 Å². The molecule has 0 aromatic carbocycles. The van der Waals surface area contributed by atoms with Gasteiger partial charge in [-0.15, -0.1) is 0 Å². The minimum atomic E-state index is -0.782. The predicted octanol–water partition coefficient (Wildman–Crippen LogP) is 24.2. The Balaban J connectivity index is 4.09. The Morgan fingerprint density at radius 1 is 0.256 bits per heavy atom. The van der Waals surface area contributed by atoms with Gasteiger partial charge in [0.15, 0.2) is 6.10 Å². The average molecular weight is 1140 g/mol. The normalized spacial score (nSPS) is 12.8. The molecule has 6 heteroatoms. The highest BCUT2D eigenvalue weighted by Gasteiger charge is 2.19. The summed E-state index contributed by atoms with van der Waals surface area (Å²) in [7, 11) is 0. The molecule has 1 atom stereocenters. The number of allylic oxidation sites excluding steroid dienone is 18. The van der Waals surface area contributed by atoms with Crippen molar-refractivity contribution in [3.63, 3.8) is 0 Å². The van der Waals surface area contributed by atoms with Crippen molar-refractivity contribution in [2.45, 2.75) is 341 Å². The van der Waals surface area contributed by atoms with Crippen LogP contribution < -0.4 is 0 Å². The van der Waals surface area contributed by atoms with E-state index in [1.807, 2.05) is 0 Å². The summed E-state index contributed by atoms with van der Waals surface area (Å²) in [5.41, 5.74) is 0. The number of carbonyl (C=O) groups excluding carboxylic acids is 3. The van der Waals surface area contributed by atoms with Gasteiger partial charge in [-0.3, -0.25) is 14.4 Å². The third kappa shape index (κ3) is 66.9. The monoisotopic (exact) mass is 1140 g/mol. The second kappa shape index (κ2) is 69.6. The fraction of sp³-hybridized carbons (Fsp3) is 0.724. The smallest absolute Gasteiger partial charge is 0.306 e. The molecule has 0 saturated heterocycles. The first kappa shape index (κ1) is 78.1. The van der Waals surface area contributed by atoms with E-state index in [1.165, 1.54) is 173 Å². The van der Waals surface area contributed by atoms with Crippen molar-refractivity contribution in [3.05, 3.63) is 109 Å². The van der Waals surface area contributed by atoms with E-state index in [2.05, 4.69) is 130 Å². The molecular weight excluding hydrogens is 1010 g/mol. The molecule has 0 fully saturated rings. The Bertz CT molecular complexity index is 1640. The Morgan fingerprint density at radius 2 is 0.476 bits per heavy atom. The van der Waals surface area contributed by atoms with Crippen LogP contribution in [0.4, 0.5) is 0 Å².